The van der Waals surface area contributed by atoms with Gasteiger partial charge in [0.1, 0.15) is 5.69 Å². The van der Waals surface area contributed by atoms with Gasteiger partial charge in [-0.25, -0.2) is 0 Å². The van der Waals surface area contributed by atoms with Gasteiger partial charge in [-0.2, -0.15) is 4.39 Å². The lowest BCUT2D eigenvalue weighted by molar-refractivity contribution is -0.386. The molecule has 98 valence electrons. The smallest absolute Gasteiger partial charge is 0.327 e. The van der Waals surface area contributed by atoms with E-state index in [1.165, 1.54) is 12.1 Å². The van der Waals surface area contributed by atoms with Gasteiger partial charge in [-0.05, 0) is 12.1 Å². The Morgan fingerprint density at radius 2 is 2.44 bits per heavy atom. The van der Waals surface area contributed by atoms with Crippen molar-refractivity contribution in [1.82, 2.24) is 5.32 Å². The highest BCUT2D eigenvalue weighted by Crippen LogP contribution is 2.27. The van der Waals surface area contributed by atoms with Gasteiger partial charge in [-0.1, -0.05) is 6.07 Å². The number of nitro groups is 1. The van der Waals surface area contributed by atoms with Gasteiger partial charge < -0.3 is 15.4 Å². The van der Waals surface area contributed by atoms with Gasteiger partial charge in [-0.3, -0.25) is 10.1 Å². The van der Waals surface area contributed by atoms with Gasteiger partial charge in [-0.15, -0.1) is 0 Å². The van der Waals surface area contributed by atoms with Crippen LogP contribution in [0.1, 0.15) is 0 Å². The maximum Gasteiger partial charge on any atom is 0.327 e. The topological polar surface area (TPSA) is 76.4 Å². The van der Waals surface area contributed by atoms with Crippen LogP contribution in [0.25, 0.3) is 0 Å². The van der Waals surface area contributed by atoms with Crippen molar-refractivity contribution in [2.24, 2.45) is 0 Å². The zero-order valence-electron chi connectivity index (χ0n) is 9.69. The monoisotopic (exact) mass is 255 g/mol. The van der Waals surface area contributed by atoms with E-state index in [0.717, 1.165) is 12.6 Å². The van der Waals surface area contributed by atoms with Gasteiger partial charge in [0, 0.05) is 19.6 Å². The molecule has 2 rings (SSSR count). The third kappa shape index (κ3) is 2.93. The number of benzene rings is 1. The molecule has 1 atom stereocenters. The molecular formula is C11H14FN3O3. The maximum atomic E-state index is 13.3. The van der Waals surface area contributed by atoms with Crippen LogP contribution in [0.4, 0.5) is 15.8 Å². The number of nitro benzene ring substituents is 1. The highest BCUT2D eigenvalue weighted by molar-refractivity contribution is 5.61. The molecule has 0 aromatic heterocycles. The summed E-state index contributed by atoms with van der Waals surface area (Å²) in [6.45, 7) is 2.49. The van der Waals surface area contributed by atoms with Gasteiger partial charge in [0.25, 0.3) is 0 Å². The first-order valence-electron chi connectivity index (χ1n) is 5.67. The SMILES string of the molecule is O=[N+]([O-])c1c(F)cccc1NCC1CNCCO1. The van der Waals surface area contributed by atoms with Crippen molar-refractivity contribution in [3.05, 3.63) is 34.1 Å². The van der Waals surface area contributed by atoms with Crippen LogP contribution < -0.4 is 10.6 Å². The number of anilines is 1. The standard InChI is InChI=1S/C11H14FN3O3/c12-9-2-1-3-10(11(9)15(16)17)14-7-8-6-13-4-5-18-8/h1-3,8,13-14H,4-7H2. The molecule has 7 heteroatoms. The molecule has 0 saturated carbocycles. The molecule has 1 heterocycles. The summed E-state index contributed by atoms with van der Waals surface area (Å²) in [4.78, 5) is 10.1. The van der Waals surface area contributed by atoms with Crippen molar-refractivity contribution in [2.75, 3.05) is 31.6 Å². The second-order valence-electron chi connectivity index (χ2n) is 3.97. The largest absolute Gasteiger partial charge is 0.377 e. The number of halogens is 1. The second-order valence-corrected chi connectivity index (χ2v) is 3.97. The molecule has 1 aliphatic rings. The molecule has 1 aromatic carbocycles. The number of ether oxygens (including phenoxy) is 1. The maximum absolute atomic E-state index is 13.3. The van der Waals surface area contributed by atoms with Crippen LogP contribution in [-0.2, 0) is 4.74 Å². The van der Waals surface area contributed by atoms with E-state index in [2.05, 4.69) is 10.6 Å². The lowest BCUT2D eigenvalue weighted by Crippen LogP contribution is -2.42. The summed E-state index contributed by atoms with van der Waals surface area (Å²) in [6, 6.07) is 3.99. The molecule has 1 fully saturated rings. The Kier molecular flexibility index (Phi) is 4.06. The summed E-state index contributed by atoms with van der Waals surface area (Å²) in [5.41, 5.74) is -0.351. The summed E-state index contributed by atoms with van der Waals surface area (Å²) in [5.74, 6) is -0.840. The summed E-state index contributed by atoms with van der Waals surface area (Å²) >= 11 is 0. The third-order valence-corrected chi connectivity index (χ3v) is 2.69. The molecule has 6 nitrogen and oxygen atoms in total. The summed E-state index contributed by atoms with van der Waals surface area (Å²) in [6.07, 6.45) is -0.0679. The lowest BCUT2D eigenvalue weighted by atomic mass is 10.2. The molecule has 1 aliphatic heterocycles. The number of rotatable bonds is 4. The molecule has 0 amide bonds. The molecule has 1 aromatic rings. The van der Waals surface area contributed by atoms with Gasteiger partial charge in [0.15, 0.2) is 0 Å². The predicted octanol–water partition coefficient (Wildman–Crippen LogP) is 1.13. The van der Waals surface area contributed by atoms with E-state index in [1.807, 2.05) is 0 Å². The Morgan fingerprint density at radius 3 is 3.11 bits per heavy atom. The first kappa shape index (κ1) is 12.7. The molecule has 0 aliphatic carbocycles. The van der Waals surface area contributed by atoms with E-state index in [1.54, 1.807) is 0 Å². The zero-order chi connectivity index (χ0) is 13.0. The number of morpholine rings is 1. The molecule has 0 bridgehead atoms. The summed E-state index contributed by atoms with van der Waals surface area (Å²) in [7, 11) is 0. The number of para-hydroxylation sites is 1. The van der Waals surface area contributed by atoms with Crippen LogP contribution in [0.3, 0.4) is 0 Å². The Hall–Kier alpha value is -1.73. The number of nitrogens with one attached hydrogen (secondary N) is 2. The van der Waals surface area contributed by atoms with E-state index < -0.39 is 16.4 Å². The average molecular weight is 255 g/mol. The van der Waals surface area contributed by atoms with E-state index >= 15 is 0 Å². The second kappa shape index (κ2) is 5.74. The van der Waals surface area contributed by atoms with E-state index in [-0.39, 0.29) is 11.8 Å². The van der Waals surface area contributed by atoms with Crippen LogP contribution in [0, 0.1) is 15.9 Å². The fourth-order valence-corrected chi connectivity index (χ4v) is 1.82. The van der Waals surface area contributed by atoms with E-state index in [4.69, 9.17) is 4.74 Å². The normalized spacial score (nSPS) is 19.5. The van der Waals surface area contributed by atoms with Crippen molar-refractivity contribution in [2.45, 2.75) is 6.10 Å². The predicted molar refractivity (Wildman–Crippen MR) is 64.2 cm³/mol. The minimum absolute atomic E-state index is 0.0679. The molecular weight excluding hydrogens is 241 g/mol. The molecule has 2 N–H and O–H groups in total. The Bertz CT molecular complexity index is 436. The third-order valence-electron chi connectivity index (χ3n) is 2.69. The van der Waals surface area contributed by atoms with Crippen molar-refractivity contribution in [1.29, 1.82) is 0 Å². The first-order valence-corrected chi connectivity index (χ1v) is 5.67. The molecule has 0 radical (unpaired) electrons. The highest BCUT2D eigenvalue weighted by Gasteiger charge is 2.21. The first-order chi connectivity index (χ1) is 8.68. The number of hydrogen-bond donors (Lipinski definition) is 2. The van der Waals surface area contributed by atoms with Crippen molar-refractivity contribution in [3.8, 4) is 0 Å². The van der Waals surface area contributed by atoms with E-state index in [0.29, 0.717) is 19.7 Å². The van der Waals surface area contributed by atoms with Crippen LogP contribution in [0.2, 0.25) is 0 Å². The average Bonchev–Trinajstić information content (AvgIpc) is 2.37. The minimum Gasteiger partial charge on any atom is -0.377 e. The van der Waals surface area contributed by atoms with E-state index in [9.17, 15) is 14.5 Å². The van der Waals surface area contributed by atoms with Crippen molar-refractivity contribution >= 4 is 11.4 Å². The Morgan fingerprint density at radius 1 is 1.61 bits per heavy atom. The van der Waals surface area contributed by atoms with Crippen molar-refractivity contribution < 1.29 is 14.1 Å². The van der Waals surface area contributed by atoms with Gasteiger partial charge >= 0.3 is 5.69 Å². The lowest BCUT2D eigenvalue weighted by Gasteiger charge is -2.24. The molecule has 1 saturated heterocycles. The molecule has 0 spiro atoms. The quantitative estimate of drug-likeness (QED) is 0.623. The van der Waals surface area contributed by atoms with Gasteiger partial charge in [0.2, 0.25) is 5.82 Å². The Balaban J connectivity index is 2.04. The van der Waals surface area contributed by atoms with Crippen LogP contribution in [-0.4, -0.2) is 37.3 Å². The van der Waals surface area contributed by atoms with Crippen LogP contribution in [0.5, 0.6) is 0 Å². The summed E-state index contributed by atoms with van der Waals surface area (Å²) < 4.78 is 18.8. The number of nitrogens with zero attached hydrogens (tertiary/aromatic N) is 1. The minimum atomic E-state index is -0.840. The molecule has 1 unspecified atom stereocenters. The highest BCUT2D eigenvalue weighted by atomic mass is 19.1. The Labute approximate surface area is 103 Å². The van der Waals surface area contributed by atoms with Crippen LogP contribution in [0.15, 0.2) is 18.2 Å². The van der Waals surface area contributed by atoms with Crippen LogP contribution >= 0.6 is 0 Å². The zero-order valence-corrected chi connectivity index (χ0v) is 9.69. The fourth-order valence-electron chi connectivity index (χ4n) is 1.82. The molecule has 18 heavy (non-hydrogen) atoms. The van der Waals surface area contributed by atoms with Gasteiger partial charge in [0.05, 0.1) is 17.6 Å². The van der Waals surface area contributed by atoms with Crippen molar-refractivity contribution in [3.63, 3.8) is 0 Å². The fraction of sp³-hybridized carbons (Fsp3) is 0.455. The summed E-state index contributed by atoms with van der Waals surface area (Å²) in [5, 5.41) is 16.8. The number of hydrogen-bond acceptors (Lipinski definition) is 5.